The van der Waals surface area contributed by atoms with Crippen molar-refractivity contribution >= 4 is 27.3 Å². The number of carbonyl (C=O) groups is 1. The molecule has 0 aliphatic carbocycles. The van der Waals surface area contributed by atoms with Crippen LogP contribution in [0.25, 0.3) is 0 Å². The van der Waals surface area contributed by atoms with Crippen molar-refractivity contribution in [3.05, 3.63) is 90.2 Å². The van der Waals surface area contributed by atoms with Crippen LogP contribution in [0.4, 0.5) is 15.8 Å². The molecule has 0 N–H and O–H groups in total. The number of anilines is 2. The van der Waals surface area contributed by atoms with Crippen molar-refractivity contribution in [1.29, 1.82) is 0 Å². The SMILES string of the molecule is Cc1ccccc1N(CC(=O)N1CCN(c2ccc(F)cc2)CC1)S(=O)(=O)c1ccccc1. The molecule has 172 valence electrons. The number of amides is 1. The number of hydrogen-bond donors (Lipinski definition) is 0. The van der Waals surface area contributed by atoms with Gasteiger partial charge in [0.25, 0.3) is 10.0 Å². The number of aryl methyl sites for hydroxylation is 1. The molecule has 1 amide bonds. The Morgan fingerprint density at radius 1 is 0.879 bits per heavy atom. The van der Waals surface area contributed by atoms with Crippen molar-refractivity contribution in [2.75, 3.05) is 41.9 Å². The summed E-state index contributed by atoms with van der Waals surface area (Å²) < 4.78 is 41.4. The molecule has 0 aromatic heterocycles. The monoisotopic (exact) mass is 467 g/mol. The Labute approximate surface area is 193 Å². The van der Waals surface area contributed by atoms with Crippen molar-refractivity contribution < 1.29 is 17.6 Å². The molecule has 3 aromatic rings. The van der Waals surface area contributed by atoms with E-state index in [1.807, 2.05) is 19.1 Å². The van der Waals surface area contributed by atoms with Gasteiger partial charge in [-0.3, -0.25) is 9.10 Å². The fourth-order valence-corrected chi connectivity index (χ4v) is 5.45. The second-order valence-corrected chi connectivity index (χ2v) is 9.82. The normalized spacial score (nSPS) is 14.2. The van der Waals surface area contributed by atoms with Crippen molar-refractivity contribution in [1.82, 2.24) is 4.90 Å². The molecule has 4 rings (SSSR count). The van der Waals surface area contributed by atoms with E-state index in [9.17, 15) is 17.6 Å². The van der Waals surface area contributed by atoms with Crippen molar-refractivity contribution in [2.45, 2.75) is 11.8 Å². The molecule has 1 heterocycles. The largest absolute Gasteiger partial charge is 0.368 e. The smallest absolute Gasteiger partial charge is 0.264 e. The molecule has 0 bridgehead atoms. The van der Waals surface area contributed by atoms with Crippen LogP contribution in [-0.2, 0) is 14.8 Å². The predicted octanol–water partition coefficient (Wildman–Crippen LogP) is 3.68. The van der Waals surface area contributed by atoms with Crippen LogP contribution < -0.4 is 9.21 Å². The number of piperazine rings is 1. The molecule has 0 radical (unpaired) electrons. The zero-order valence-corrected chi connectivity index (χ0v) is 19.2. The Bertz CT molecular complexity index is 1210. The second-order valence-electron chi connectivity index (χ2n) is 7.96. The van der Waals surface area contributed by atoms with Gasteiger partial charge in [0, 0.05) is 31.9 Å². The van der Waals surface area contributed by atoms with Crippen molar-refractivity contribution in [2.24, 2.45) is 0 Å². The van der Waals surface area contributed by atoms with E-state index in [-0.39, 0.29) is 23.2 Å². The van der Waals surface area contributed by atoms with Crippen LogP contribution in [0.5, 0.6) is 0 Å². The van der Waals surface area contributed by atoms with Crippen molar-refractivity contribution in [3.63, 3.8) is 0 Å². The van der Waals surface area contributed by atoms with Gasteiger partial charge in [0.1, 0.15) is 12.4 Å². The fraction of sp³-hybridized carbons (Fsp3) is 0.240. The van der Waals surface area contributed by atoms with Gasteiger partial charge in [-0.05, 0) is 55.0 Å². The van der Waals surface area contributed by atoms with E-state index in [2.05, 4.69) is 4.90 Å². The van der Waals surface area contributed by atoms with Gasteiger partial charge in [0.05, 0.1) is 10.6 Å². The summed E-state index contributed by atoms with van der Waals surface area (Å²) in [6.45, 7) is 3.65. The van der Waals surface area contributed by atoms with E-state index in [4.69, 9.17) is 0 Å². The minimum Gasteiger partial charge on any atom is -0.368 e. The number of para-hydroxylation sites is 1. The summed E-state index contributed by atoms with van der Waals surface area (Å²) in [7, 11) is -3.93. The molecule has 0 unspecified atom stereocenters. The molecule has 6 nitrogen and oxygen atoms in total. The summed E-state index contributed by atoms with van der Waals surface area (Å²) in [5, 5.41) is 0. The summed E-state index contributed by atoms with van der Waals surface area (Å²) >= 11 is 0. The first kappa shape index (κ1) is 22.8. The van der Waals surface area contributed by atoms with Gasteiger partial charge in [-0.15, -0.1) is 0 Å². The molecule has 1 fully saturated rings. The molecule has 3 aromatic carbocycles. The van der Waals surface area contributed by atoms with E-state index in [0.29, 0.717) is 31.9 Å². The highest BCUT2D eigenvalue weighted by Crippen LogP contribution is 2.27. The Kier molecular flexibility index (Phi) is 6.65. The first-order valence-electron chi connectivity index (χ1n) is 10.8. The third-order valence-electron chi connectivity index (χ3n) is 5.82. The summed E-state index contributed by atoms with van der Waals surface area (Å²) in [4.78, 5) is 17.1. The Morgan fingerprint density at radius 3 is 2.12 bits per heavy atom. The molecule has 1 aliphatic rings. The van der Waals surface area contributed by atoms with Gasteiger partial charge in [0.15, 0.2) is 0 Å². The lowest BCUT2D eigenvalue weighted by molar-refractivity contribution is -0.129. The first-order chi connectivity index (χ1) is 15.9. The van der Waals surface area contributed by atoms with Crippen LogP contribution in [0.3, 0.4) is 0 Å². The van der Waals surface area contributed by atoms with E-state index >= 15 is 0 Å². The van der Waals surface area contributed by atoms with Gasteiger partial charge in [0.2, 0.25) is 5.91 Å². The lowest BCUT2D eigenvalue weighted by atomic mass is 10.2. The molecular formula is C25H26FN3O3S. The van der Waals surface area contributed by atoms with E-state index in [0.717, 1.165) is 11.3 Å². The molecule has 0 saturated carbocycles. The maximum atomic E-state index is 13.5. The Balaban J connectivity index is 1.53. The minimum atomic E-state index is -3.93. The molecule has 33 heavy (non-hydrogen) atoms. The highest BCUT2D eigenvalue weighted by atomic mass is 32.2. The summed E-state index contributed by atoms with van der Waals surface area (Å²) in [6.07, 6.45) is 0. The topological polar surface area (TPSA) is 60.9 Å². The van der Waals surface area contributed by atoms with Crippen LogP contribution in [0.15, 0.2) is 83.8 Å². The average molecular weight is 468 g/mol. The fourth-order valence-electron chi connectivity index (χ4n) is 3.95. The lowest BCUT2D eigenvalue weighted by Gasteiger charge is -2.37. The van der Waals surface area contributed by atoms with Gasteiger partial charge in [-0.1, -0.05) is 36.4 Å². The number of benzene rings is 3. The number of hydrogen-bond acceptors (Lipinski definition) is 4. The van der Waals surface area contributed by atoms with E-state index in [1.165, 1.54) is 28.6 Å². The van der Waals surface area contributed by atoms with Gasteiger partial charge in [-0.2, -0.15) is 0 Å². The summed E-state index contributed by atoms with van der Waals surface area (Å²) in [5.74, 6) is -0.542. The van der Waals surface area contributed by atoms with Crippen molar-refractivity contribution in [3.8, 4) is 0 Å². The standard InChI is InChI=1S/C25H26FN3O3S/c1-20-7-5-6-10-24(20)29(33(31,32)23-8-3-2-4-9-23)19-25(30)28-17-15-27(16-18-28)22-13-11-21(26)12-14-22/h2-14H,15-19H2,1H3. The molecular weight excluding hydrogens is 441 g/mol. The quantitative estimate of drug-likeness (QED) is 0.555. The summed E-state index contributed by atoms with van der Waals surface area (Å²) in [6, 6.07) is 21.6. The number of carbonyl (C=O) groups excluding carboxylic acids is 1. The average Bonchev–Trinajstić information content (AvgIpc) is 2.84. The van der Waals surface area contributed by atoms with Gasteiger partial charge >= 0.3 is 0 Å². The number of halogens is 1. The highest BCUT2D eigenvalue weighted by Gasteiger charge is 2.30. The minimum absolute atomic E-state index is 0.141. The molecule has 0 atom stereocenters. The molecule has 1 aliphatic heterocycles. The predicted molar refractivity (Wildman–Crippen MR) is 127 cm³/mol. The Hall–Kier alpha value is -3.39. The van der Waals surface area contributed by atoms with E-state index in [1.54, 1.807) is 47.4 Å². The van der Waals surface area contributed by atoms with E-state index < -0.39 is 10.0 Å². The zero-order chi connectivity index (χ0) is 23.4. The molecule has 8 heteroatoms. The van der Waals surface area contributed by atoms with Gasteiger partial charge in [-0.25, -0.2) is 12.8 Å². The number of sulfonamides is 1. The first-order valence-corrected chi connectivity index (χ1v) is 12.2. The Morgan fingerprint density at radius 2 is 1.48 bits per heavy atom. The molecule has 1 saturated heterocycles. The van der Waals surface area contributed by atoms with Crippen LogP contribution in [-0.4, -0.2) is 51.9 Å². The lowest BCUT2D eigenvalue weighted by Crippen LogP contribution is -2.52. The third kappa shape index (κ3) is 5.01. The number of rotatable bonds is 6. The van der Waals surface area contributed by atoms with Crippen LogP contribution in [0.1, 0.15) is 5.56 Å². The molecule has 0 spiro atoms. The van der Waals surface area contributed by atoms with Gasteiger partial charge < -0.3 is 9.80 Å². The van der Waals surface area contributed by atoms with Crippen LogP contribution in [0.2, 0.25) is 0 Å². The maximum Gasteiger partial charge on any atom is 0.264 e. The maximum absolute atomic E-state index is 13.5. The summed E-state index contributed by atoms with van der Waals surface area (Å²) in [5.41, 5.74) is 2.15. The third-order valence-corrected chi connectivity index (χ3v) is 7.59. The van der Waals surface area contributed by atoms with Crippen LogP contribution in [0, 0.1) is 12.7 Å². The zero-order valence-electron chi connectivity index (χ0n) is 18.4. The number of nitrogens with zero attached hydrogens (tertiary/aromatic N) is 3. The second kappa shape index (κ2) is 9.62. The van der Waals surface area contributed by atoms with Crippen LogP contribution >= 0.6 is 0 Å². The highest BCUT2D eigenvalue weighted by molar-refractivity contribution is 7.92.